The molecular formula is C18H26N2O5S. The number of likely N-dealkylation sites (tertiary alicyclic amines) is 1. The van der Waals surface area contributed by atoms with E-state index in [1.54, 1.807) is 4.90 Å². The van der Waals surface area contributed by atoms with Crippen LogP contribution in [0.25, 0.3) is 0 Å². The largest absolute Gasteiger partial charge is 0.489 e. The van der Waals surface area contributed by atoms with Crippen molar-refractivity contribution in [3.63, 3.8) is 0 Å². The van der Waals surface area contributed by atoms with Crippen LogP contribution in [0.3, 0.4) is 0 Å². The Kier molecular flexibility index (Phi) is 6.50. The first-order chi connectivity index (χ1) is 12.5. The number of sulfonamides is 1. The van der Waals surface area contributed by atoms with E-state index in [-0.39, 0.29) is 24.2 Å². The number of nitrogens with zero attached hydrogens (tertiary/aromatic N) is 2. The Hall–Kier alpha value is -1.64. The van der Waals surface area contributed by atoms with Gasteiger partial charge in [-0.1, -0.05) is 18.2 Å². The van der Waals surface area contributed by atoms with Gasteiger partial charge in [-0.15, -0.1) is 0 Å². The summed E-state index contributed by atoms with van der Waals surface area (Å²) >= 11 is 0. The van der Waals surface area contributed by atoms with Crippen LogP contribution in [0.1, 0.15) is 19.3 Å². The molecule has 2 saturated heterocycles. The molecule has 0 bridgehead atoms. The molecule has 7 nitrogen and oxygen atoms in total. The minimum atomic E-state index is -3.40. The van der Waals surface area contributed by atoms with E-state index in [4.69, 9.17) is 9.47 Å². The van der Waals surface area contributed by atoms with Crippen molar-refractivity contribution >= 4 is 15.9 Å². The smallest absolute Gasteiger partial charge is 0.223 e. The van der Waals surface area contributed by atoms with Crippen molar-refractivity contribution in [2.75, 3.05) is 45.1 Å². The first-order valence-corrected chi connectivity index (χ1v) is 10.7. The highest BCUT2D eigenvalue weighted by Crippen LogP contribution is 2.19. The highest BCUT2D eigenvalue weighted by molar-refractivity contribution is 7.89. The van der Waals surface area contributed by atoms with Crippen molar-refractivity contribution in [3.05, 3.63) is 30.3 Å². The van der Waals surface area contributed by atoms with Crippen molar-refractivity contribution in [2.45, 2.75) is 25.4 Å². The fourth-order valence-corrected chi connectivity index (χ4v) is 4.68. The van der Waals surface area contributed by atoms with Crippen molar-refractivity contribution in [1.82, 2.24) is 9.21 Å². The van der Waals surface area contributed by atoms with E-state index < -0.39 is 10.0 Å². The third kappa shape index (κ3) is 5.18. The van der Waals surface area contributed by atoms with Crippen LogP contribution in [0.15, 0.2) is 30.3 Å². The van der Waals surface area contributed by atoms with E-state index in [2.05, 4.69) is 0 Å². The Morgan fingerprint density at radius 3 is 2.62 bits per heavy atom. The quantitative estimate of drug-likeness (QED) is 0.737. The molecule has 0 aromatic heterocycles. The summed E-state index contributed by atoms with van der Waals surface area (Å²) < 4.78 is 37.2. The molecule has 2 aliphatic heterocycles. The minimum absolute atomic E-state index is 0.0117. The van der Waals surface area contributed by atoms with E-state index in [1.165, 1.54) is 4.31 Å². The Morgan fingerprint density at radius 2 is 1.88 bits per heavy atom. The van der Waals surface area contributed by atoms with Crippen LogP contribution in [0, 0.1) is 0 Å². The van der Waals surface area contributed by atoms with Crippen LogP contribution in [-0.4, -0.2) is 74.8 Å². The zero-order valence-corrected chi connectivity index (χ0v) is 15.7. The highest BCUT2D eigenvalue weighted by Gasteiger charge is 2.28. The average molecular weight is 382 g/mol. The Bertz CT molecular complexity index is 689. The van der Waals surface area contributed by atoms with Gasteiger partial charge in [0.25, 0.3) is 0 Å². The molecular weight excluding hydrogens is 356 g/mol. The number of carbonyl (C=O) groups is 1. The Balaban J connectivity index is 1.49. The normalized spacial score (nSPS) is 22.2. The number of morpholine rings is 1. The second-order valence-electron chi connectivity index (χ2n) is 6.61. The lowest BCUT2D eigenvalue weighted by atomic mass is 10.1. The summed E-state index contributed by atoms with van der Waals surface area (Å²) in [6.45, 7) is 2.73. The van der Waals surface area contributed by atoms with Gasteiger partial charge >= 0.3 is 0 Å². The topological polar surface area (TPSA) is 76.2 Å². The fourth-order valence-electron chi connectivity index (χ4n) is 3.28. The molecule has 0 saturated carbocycles. The summed E-state index contributed by atoms with van der Waals surface area (Å²) in [5.74, 6) is 0.525. The lowest BCUT2D eigenvalue weighted by Crippen LogP contribution is -2.46. The van der Waals surface area contributed by atoms with E-state index >= 15 is 0 Å². The second-order valence-corrected chi connectivity index (χ2v) is 8.70. The number of rotatable bonds is 6. The average Bonchev–Trinajstić information content (AvgIpc) is 2.68. The molecule has 2 heterocycles. The van der Waals surface area contributed by atoms with Crippen molar-refractivity contribution in [1.29, 1.82) is 0 Å². The predicted molar refractivity (Wildman–Crippen MR) is 97.5 cm³/mol. The summed E-state index contributed by atoms with van der Waals surface area (Å²) in [5.41, 5.74) is 0. The molecule has 1 atom stereocenters. The molecule has 0 spiro atoms. The van der Waals surface area contributed by atoms with Gasteiger partial charge in [-0.3, -0.25) is 4.79 Å². The molecule has 26 heavy (non-hydrogen) atoms. The van der Waals surface area contributed by atoms with Gasteiger partial charge in [-0.2, -0.15) is 4.31 Å². The van der Waals surface area contributed by atoms with Crippen LogP contribution in [0.2, 0.25) is 0 Å². The maximum absolute atomic E-state index is 12.5. The molecule has 3 rings (SSSR count). The molecule has 2 fully saturated rings. The summed E-state index contributed by atoms with van der Waals surface area (Å²) in [4.78, 5) is 14.2. The van der Waals surface area contributed by atoms with Crippen molar-refractivity contribution in [3.8, 4) is 5.75 Å². The van der Waals surface area contributed by atoms with Gasteiger partial charge in [-0.05, 0) is 25.0 Å². The number of ether oxygens (including phenoxy) is 2. The fraction of sp³-hybridized carbons (Fsp3) is 0.611. The number of hydrogen-bond acceptors (Lipinski definition) is 5. The maximum atomic E-state index is 12.5. The van der Waals surface area contributed by atoms with Crippen molar-refractivity contribution < 1.29 is 22.7 Å². The zero-order valence-electron chi connectivity index (χ0n) is 14.9. The SMILES string of the molecule is O=C(CCS(=O)(=O)N1CCOCC1)N1CCCC(Oc2ccccc2)C1. The van der Waals surface area contributed by atoms with Crippen LogP contribution >= 0.6 is 0 Å². The zero-order chi connectivity index (χ0) is 18.4. The van der Waals surface area contributed by atoms with Crippen LogP contribution in [-0.2, 0) is 19.6 Å². The summed E-state index contributed by atoms with van der Waals surface area (Å²) in [5, 5.41) is 0. The van der Waals surface area contributed by atoms with Gasteiger partial charge < -0.3 is 14.4 Å². The molecule has 1 aromatic rings. The molecule has 0 radical (unpaired) electrons. The first-order valence-electron chi connectivity index (χ1n) is 9.10. The van der Waals surface area contributed by atoms with Gasteiger partial charge in [0.05, 0.1) is 25.5 Å². The van der Waals surface area contributed by atoms with Gasteiger partial charge in [0.2, 0.25) is 15.9 Å². The third-order valence-corrected chi connectivity index (χ3v) is 6.59. The monoisotopic (exact) mass is 382 g/mol. The van der Waals surface area contributed by atoms with Crippen LogP contribution < -0.4 is 4.74 Å². The number of para-hydroxylation sites is 1. The Labute approximate surface area is 154 Å². The van der Waals surface area contributed by atoms with Crippen LogP contribution in [0.5, 0.6) is 5.75 Å². The number of carbonyl (C=O) groups excluding carboxylic acids is 1. The van der Waals surface area contributed by atoms with Gasteiger partial charge in [0.15, 0.2) is 0 Å². The standard InChI is InChI=1S/C18H26N2O5S/c21-18(8-14-26(22,23)20-10-12-24-13-11-20)19-9-4-7-17(15-19)25-16-5-2-1-3-6-16/h1-3,5-6,17H,4,7-15H2. The van der Waals surface area contributed by atoms with E-state index in [0.29, 0.717) is 39.4 Å². The number of piperidine rings is 1. The molecule has 1 unspecified atom stereocenters. The highest BCUT2D eigenvalue weighted by atomic mass is 32.2. The molecule has 1 aromatic carbocycles. The molecule has 1 amide bonds. The van der Waals surface area contributed by atoms with E-state index in [1.807, 2.05) is 30.3 Å². The van der Waals surface area contributed by atoms with Gasteiger partial charge in [0.1, 0.15) is 11.9 Å². The Morgan fingerprint density at radius 1 is 1.15 bits per heavy atom. The number of hydrogen-bond donors (Lipinski definition) is 0. The first kappa shape index (κ1) is 19.1. The van der Waals surface area contributed by atoms with Crippen LogP contribution in [0.4, 0.5) is 0 Å². The van der Waals surface area contributed by atoms with E-state index in [0.717, 1.165) is 18.6 Å². The van der Waals surface area contributed by atoms with Crippen molar-refractivity contribution in [2.24, 2.45) is 0 Å². The molecule has 144 valence electrons. The van der Waals surface area contributed by atoms with Gasteiger partial charge in [0, 0.05) is 26.1 Å². The molecule has 2 aliphatic rings. The lowest BCUT2D eigenvalue weighted by Gasteiger charge is -2.33. The summed E-state index contributed by atoms with van der Waals surface area (Å²) in [6.07, 6.45) is 1.72. The molecule has 0 aliphatic carbocycles. The lowest BCUT2D eigenvalue weighted by molar-refractivity contribution is -0.133. The minimum Gasteiger partial charge on any atom is -0.489 e. The van der Waals surface area contributed by atoms with E-state index in [9.17, 15) is 13.2 Å². The molecule has 0 N–H and O–H groups in total. The number of benzene rings is 1. The maximum Gasteiger partial charge on any atom is 0.223 e. The molecule has 8 heteroatoms. The summed E-state index contributed by atoms with van der Waals surface area (Å²) in [6, 6.07) is 9.55. The summed E-state index contributed by atoms with van der Waals surface area (Å²) in [7, 11) is -3.40. The van der Waals surface area contributed by atoms with Gasteiger partial charge in [-0.25, -0.2) is 8.42 Å². The number of amides is 1. The second kappa shape index (κ2) is 8.83. The predicted octanol–water partition coefficient (Wildman–Crippen LogP) is 1.11. The third-order valence-electron chi connectivity index (χ3n) is 4.71.